The standard InChI is InChI=1S/C16H24Cl2N2/c1-3-16(12-7-8-14(17)15(18)10-12)19-11-13-6-4-5-9-20(13)2/h7-8,10,13,16,19H,3-6,9,11H2,1-2H3. The molecular formula is C16H24Cl2N2. The summed E-state index contributed by atoms with van der Waals surface area (Å²) in [6.45, 7) is 4.45. The summed E-state index contributed by atoms with van der Waals surface area (Å²) in [5.41, 5.74) is 1.22. The van der Waals surface area contributed by atoms with Crippen LogP contribution in [0.4, 0.5) is 0 Å². The summed E-state index contributed by atoms with van der Waals surface area (Å²) in [5.74, 6) is 0. The van der Waals surface area contributed by atoms with E-state index >= 15 is 0 Å². The van der Waals surface area contributed by atoms with Gasteiger partial charge in [0.25, 0.3) is 0 Å². The van der Waals surface area contributed by atoms with Crippen LogP contribution in [0.3, 0.4) is 0 Å². The zero-order valence-electron chi connectivity index (χ0n) is 12.3. The Kier molecular flexibility index (Phi) is 6.16. The molecule has 1 aliphatic rings. The van der Waals surface area contributed by atoms with Gasteiger partial charge in [-0.15, -0.1) is 0 Å². The highest BCUT2D eigenvalue weighted by Gasteiger charge is 2.20. The molecule has 1 fully saturated rings. The van der Waals surface area contributed by atoms with Crippen LogP contribution in [0.15, 0.2) is 18.2 Å². The molecule has 20 heavy (non-hydrogen) atoms. The third-order valence-corrected chi connectivity index (χ3v) is 5.01. The van der Waals surface area contributed by atoms with Gasteiger partial charge in [-0.3, -0.25) is 0 Å². The van der Waals surface area contributed by atoms with E-state index < -0.39 is 0 Å². The molecule has 0 radical (unpaired) electrons. The van der Waals surface area contributed by atoms with E-state index in [0.717, 1.165) is 13.0 Å². The minimum absolute atomic E-state index is 0.347. The van der Waals surface area contributed by atoms with E-state index in [2.05, 4.69) is 30.3 Å². The van der Waals surface area contributed by atoms with Gasteiger partial charge in [0.2, 0.25) is 0 Å². The van der Waals surface area contributed by atoms with E-state index in [1.807, 2.05) is 12.1 Å². The quantitative estimate of drug-likeness (QED) is 0.859. The van der Waals surface area contributed by atoms with Crippen LogP contribution in [0.5, 0.6) is 0 Å². The Labute approximate surface area is 132 Å². The Bertz CT molecular complexity index is 436. The zero-order valence-corrected chi connectivity index (χ0v) is 13.8. The molecule has 2 rings (SSSR count). The van der Waals surface area contributed by atoms with Crippen LogP contribution < -0.4 is 5.32 Å². The predicted molar refractivity (Wildman–Crippen MR) is 87.8 cm³/mol. The van der Waals surface area contributed by atoms with Crippen molar-refractivity contribution in [2.75, 3.05) is 20.1 Å². The van der Waals surface area contributed by atoms with Gasteiger partial charge in [-0.2, -0.15) is 0 Å². The molecular weight excluding hydrogens is 291 g/mol. The van der Waals surface area contributed by atoms with Crippen LogP contribution in [0.25, 0.3) is 0 Å². The van der Waals surface area contributed by atoms with Crippen molar-refractivity contribution in [3.05, 3.63) is 33.8 Å². The van der Waals surface area contributed by atoms with Crippen LogP contribution >= 0.6 is 23.2 Å². The van der Waals surface area contributed by atoms with Crippen molar-refractivity contribution in [1.82, 2.24) is 10.2 Å². The van der Waals surface area contributed by atoms with Crippen LogP contribution in [-0.4, -0.2) is 31.1 Å². The molecule has 2 atom stereocenters. The van der Waals surface area contributed by atoms with Crippen molar-refractivity contribution in [1.29, 1.82) is 0 Å². The molecule has 0 saturated carbocycles. The third kappa shape index (κ3) is 4.11. The number of nitrogens with one attached hydrogen (secondary N) is 1. The van der Waals surface area contributed by atoms with Gasteiger partial charge in [-0.25, -0.2) is 0 Å². The first kappa shape index (κ1) is 16.1. The molecule has 0 bridgehead atoms. The van der Waals surface area contributed by atoms with Crippen molar-refractivity contribution >= 4 is 23.2 Å². The summed E-state index contributed by atoms with van der Waals surface area (Å²) >= 11 is 12.1. The minimum atomic E-state index is 0.347. The smallest absolute Gasteiger partial charge is 0.0595 e. The van der Waals surface area contributed by atoms with E-state index in [0.29, 0.717) is 22.1 Å². The fourth-order valence-electron chi connectivity index (χ4n) is 2.91. The summed E-state index contributed by atoms with van der Waals surface area (Å²) in [6, 6.07) is 6.94. The molecule has 2 nitrogen and oxygen atoms in total. The van der Waals surface area contributed by atoms with Crippen LogP contribution in [-0.2, 0) is 0 Å². The van der Waals surface area contributed by atoms with Crippen molar-refractivity contribution in [2.24, 2.45) is 0 Å². The summed E-state index contributed by atoms with van der Waals surface area (Å²) < 4.78 is 0. The van der Waals surface area contributed by atoms with E-state index in [-0.39, 0.29) is 0 Å². The molecule has 0 amide bonds. The van der Waals surface area contributed by atoms with Crippen LogP contribution in [0.2, 0.25) is 10.0 Å². The molecule has 0 spiro atoms. The van der Waals surface area contributed by atoms with Crippen LogP contribution in [0.1, 0.15) is 44.2 Å². The number of likely N-dealkylation sites (N-methyl/N-ethyl adjacent to an activating group) is 1. The number of nitrogens with zero attached hydrogens (tertiary/aromatic N) is 1. The number of halogens is 2. The lowest BCUT2D eigenvalue weighted by Crippen LogP contribution is -2.43. The van der Waals surface area contributed by atoms with Gasteiger partial charge < -0.3 is 10.2 Å². The Morgan fingerprint density at radius 2 is 2.10 bits per heavy atom. The second kappa shape index (κ2) is 7.65. The molecule has 2 unspecified atom stereocenters. The summed E-state index contributed by atoms with van der Waals surface area (Å²) in [7, 11) is 2.23. The van der Waals surface area contributed by atoms with E-state index in [1.165, 1.54) is 31.4 Å². The second-order valence-corrected chi connectivity index (χ2v) is 6.49. The highest BCUT2D eigenvalue weighted by Crippen LogP contribution is 2.27. The second-order valence-electron chi connectivity index (χ2n) is 5.67. The molecule has 1 heterocycles. The SMILES string of the molecule is CCC(NCC1CCCCN1C)c1ccc(Cl)c(Cl)c1. The number of likely N-dealkylation sites (tertiary alicyclic amines) is 1. The predicted octanol–water partition coefficient (Wildman–Crippen LogP) is 4.52. The van der Waals surface area contributed by atoms with Crippen molar-refractivity contribution in [2.45, 2.75) is 44.7 Å². The Hall–Kier alpha value is -0.280. The highest BCUT2D eigenvalue weighted by molar-refractivity contribution is 6.42. The number of hydrogen-bond acceptors (Lipinski definition) is 2. The van der Waals surface area contributed by atoms with Gasteiger partial charge in [0, 0.05) is 18.6 Å². The fraction of sp³-hybridized carbons (Fsp3) is 0.625. The first-order valence-electron chi connectivity index (χ1n) is 7.50. The average molecular weight is 315 g/mol. The highest BCUT2D eigenvalue weighted by atomic mass is 35.5. The van der Waals surface area contributed by atoms with Gasteiger partial charge in [0.05, 0.1) is 10.0 Å². The molecule has 1 aromatic rings. The minimum Gasteiger partial charge on any atom is -0.308 e. The molecule has 1 N–H and O–H groups in total. The van der Waals surface area contributed by atoms with Crippen molar-refractivity contribution in [3.63, 3.8) is 0 Å². The Balaban J connectivity index is 1.96. The van der Waals surface area contributed by atoms with Gasteiger partial charge in [0.15, 0.2) is 0 Å². The molecule has 1 saturated heterocycles. The number of hydrogen-bond donors (Lipinski definition) is 1. The maximum Gasteiger partial charge on any atom is 0.0595 e. The van der Waals surface area contributed by atoms with Crippen molar-refractivity contribution in [3.8, 4) is 0 Å². The summed E-state index contributed by atoms with van der Waals surface area (Å²) in [5, 5.41) is 4.95. The maximum atomic E-state index is 6.12. The molecule has 1 aliphatic heterocycles. The van der Waals surface area contributed by atoms with Gasteiger partial charge in [0.1, 0.15) is 0 Å². The zero-order chi connectivity index (χ0) is 14.5. The Morgan fingerprint density at radius 1 is 1.30 bits per heavy atom. The molecule has 112 valence electrons. The van der Waals surface area contributed by atoms with Crippen molar-refractivity contribution < 1.29 is 0 Å². The first-order valence-corrected chi connectivity index (χ1v) is 8.26. The molecule has 1 aromatic carbocycles. The average Bonchev–Trinajstić information content (AvgIpc) is 2.45. The summed E-state index contributed by atoms with van der Waals surface area (Å²) in [6.07, 6.45) is 5.02. The lowest BCUT2D eigenvalue weighted by molar-refractivity contribution is 0.177. The molecule has 4 heteroatoms. The normalized spacial score (nSPS) is 21.9. The molecule has 0 aliphatic carbocycles. The largest absolute Gasteiger partial charge is 0.308 e. The summed E-state index contributed by atoms with van der Waals surface area (Å²) in [4.78, 5) is 2.47. The number of piperidine rings is 1. The lowest BCUT2D eigenvalue weighted by Gasteiger charge is -2.33. The van der Waals surface area contributed by atoms with Gasteiger partial charge in [-0.1, -0.05) is 42.6 Å². The Morgan fingerprint density at radius 3 is 2.75 bits per heavy atom. The third-order valence-electron chi connectivity index (χ3n) is 4.28. The van der Waals surface area contributed by atoms with E-state index in [1.54, 1.807) is 0 Å². The monoisotopic (exact) mass is 314 g/mol. The number of rotatable bonds is 5. The maximum absolute atomic E-state index is 6.12. The van der Waals surface area contributed by atoms with Gasteiger partial charge in [-0.05, 0) is 50.6 Å². The van der Waals surface area contributed by atoms with Gasteiger partial charge >= 0.3 is 0 Å². The number of benzene rings is 1. The lowest BCUT2D eigenvalue weighted by atomic mass is 10.0. The van der Waals surface area contributed by atoms with Crippen LogP contribution in [0, 0.1) is 0 Å². The topological polar surface area (TPSA) is 15.3 Å². The van der Waals surface area contributed by atoms with E-state index in [9.17, 15) is 0 Å². The molecule has 0 aromatic heterocycles. The fourth-order valence-corrected chi connectivity index (χ4v) is 3.21. The van der Waals surface area contributed by atoms with E-state index in [4.69, 9.17) is 23.2 Å². The first-order chi connectivity index (χ1) is 9.61.